The smallest absolute Gasteiger partial charge is 0.254 e. The van der Waals surface area contributed by atoms with Crippen LogP contribution in [0, 0.1) is 6.92 Å². The normalized spacial score (nSPS) is 13.6. The van der Waals surface area contributed by atoms with Crippen LogP contribution in [-0.2, 0) is 9.59 Å². The fourth-order valence-corrected chi connectivity index (χ4v) is 3.54. The highest BCUT2D eigenvalue weighted by Crippen LogP contribution is 2.22. The van der Waals surface area contributed by atoms with Gasteiger partial charge >= 0.3 is 0 Å². The van der Waals surface area contributed by atoms with Gasteiger partial charge in [0, 0.05) is 22.8 Å². The van der Waals surface area contributed by atoms with Crippen LogP contribution in [0.2, 0.25) is 5.02 Å². The molecule has 1 fully saturated rings. The first-order valence-corrected chi connectivity index (χ1v) is 10.5. The maximum absolute atomic E-state index is 13.1. The van der Waals surface area contributed by atoms with Gasteiger partial charge in [-0.3, -0.25) is 19.3 Å². The predicted octanol–water partition coefficient (Wildman–Crippen LogP) is 3.72. The van der Waals surface area contributed by atoms with Crippen molar-refractivity contribution >= 4 is 35.0 Å². The van der Waals surface area contributed by atoms with E-state index < -0.39 is 0 Å². The fraction of sp³-hybridized carbons (Fsp3) is 0.348. The average Bonchev–Trinajstić information content (AvgIpc) is 3.13. The van der Waals surface area contributed by atoms with Crippen LogP contribution in [0.15, 0.2) is 48.5 Å². The number of carbonyl (C=O) groups excluding carboxylic acids is 3. The van der Waals surface area contributed by atoms with Gasteiger partial charge in [0.05, 0.1) is 0 Å². The maximum Gasteiger partial charge on any atom is 0.254 e. The Labute approximate surface area is 182 Å². The molecule has 3 rings (SSSR count). The second-order valence-electron chi connectivity index (χ2n) is 7.43. The Morgan fingerprint density at radius 1 is 1.10 bits per heavy atom. The molecule has 0 bridgehead atoms. The summed E-state index contributed by atoms with van der Waals surface area (Å²) in [6.45, 7) is 4.55. The SMILES string of the molecule is CCCCN(CC(=O)N1CC(=O)N(c2ccc(Cl)cc2)C1)C(=O)c1ccccc1C. The number of hydrogen-bond acceptors (Lipinski definition) is 3. The first kappa shape index (κ1) is 21.8. The minimum atomic E-state index is -0.238. The Hall–Kier alpha value is -2.86. The third kappa shape index (κ3) is 5.00. The van der Waals surface area contributed by atoms with Crippen molar-refractivity contribution in [3.8, 4) is 0 Å². The van der Waals surface area contributed by atoms with E-state index in [1.54, 1.807) is 40.1 Å². The van der Waals surface area contributed by atoms with Gasteiger partial charge in [0.15, 0.2) is 0 Å². The van der Waals surface area contributed by atoms with Gasteiger partial charge in [-0.1, -0.05) is 43.1 Å². The Bertz CT molecular complexity index is 930. The summed E-state index contributed by atoms with van der Waals surface area (Å²) in [6.07, 6.45) is 1.72. The molecule has 0 unspecified atom stereocenters. The molecule has 0 aliphatic carbocycles. The second-order valence-corrected chi connectivity index (χ2v) is 7.86. The van der Waals surface area contributed by atoms with Crippen LogP contribution < -0.4 is 4.90 Å². The Morgan fingerprint density at radius 2 is 1.80 bits per heavy atom. The van der Waals surface area contributed by atoms with Crippen molar-refractivity contribution in [3.63, 3.8) is 0 Å². The number of halogens is 1. The third-order valence-corrected chi connectivity index (χ3v) is 5.45. The van der Waals surface area contributed by atoms with Crippen LogP contribution in [0.5, 0.6) is 0 Å². The second kappa shape index (κ2) is 9.76. The van der Waals surface area contributed by atoms with Crippen molar-refractivity contribution in [1.82, 2.24) is 9.80 Å². The molecule has 30 heavy (non-hydrogen) atoms. The minimum absolute atomic E-state index is 0.00162. The summed E-state index contributed by atoms with van der Waals surface area (Å²) in [7, 11) is 0. The molecule has 0 radical (unpaired) electrons. The van der Waals surface area contributed by atoms with E-state index in [-0.39, 0.29) is 37.5 Å². The Balaban J connectivity index is 1.71. The summed E-state index contributed by atoms with van der Waals surface area (Å²) in [5, 5.41) is 0.583. The standard InChI is InChI=1S/C23H26ClN3O3/c1-3-4-13-25(23(30)20-8-6-5-7-17(20)2)14-21(28)26-15-22(29)27(16-26)19-11-9-18(24)10-12-19/h5-12H,3-4,13-16H2,1-2H3. The molecule has 158 valence electrons. The number of rotatable bonds is 7. The molecule has 1 saturated heterocycles. The molecule has 0 spiro atoms. The van der Waals surface area contributed by atoms with Crippen LogP contribution in [0.3, 0.4) is 0 Å². The zero-order chi connectivity index (χ0) is 21.7. The van der Waals surface area contributed by atoms with E-state index in [9.17, 15) is 14.4 Å². The first-order valence-electron chi connectivity index (χ1n) is 10.1. The van der Waals surface area contributed by atoms with E-state index in [1.165, 1.54) is 4.90 Å². The van der Waals surface area contributed by atoms with Crippen LogP contribution in [0.25, 0.3) is 0 Å². The van der Waals surface area contributed by atoms with Gasteiger partial charge in [-0.25, -0.2) is 0 Å². The quantitative estimate of drug-likeness (QED) is 0.676. The van der Waals surface area contributed by atoms with Crippen molar-refractivity contribution in [2.24, 2.45) is 0 Å². The minimum Gasteiger partial charge on any atom is -0.329 e. The van der Waals surface area contributed by atoms with Crippen molar-refractivity contribution in [1.29, 1.82) is 0 Å². The molecule has 2 aromatic rings. The molecule has 3 amide bonds. The largest absolute Gasteiger partial charge is 0.329 e. The lowest BCUT2D eigenvalue weighted by atomic mass is 10.1. The van der Waals surface area contributed by atoms with E-state index in [2.05, 4.69) is 0 Å². The van der Waals surface area contributed by atoms with Gasteiger partial charge in [-0.05, 0) is 49.2 Å². The van der Waals surface area contributed by atoms with Crippen LogP contribution >= 0.6 is 11.6 Å². The maximum atomic E-state index is 13.1. The lowest BCUT2D eigenvalue weighted by Gasteiger charge is -2.25. The third-order valence-electron chi connectivity index (χ3n) is 5.20. The first-order chi connectivity index (χ1) is 14.4. The van der Waals surface area contributed by atoms with Crippen molar-refractivity contribution < 1.29 is 14.4 Å². The van der Waals surface area contributed by atoms with E-state index in [1.807, 2.05) is 32.0 Å². The van der Waals surface area contributed by atoms with Gasteiger partial charge in [-0.15, -0.1) is 0 Å². The zero-order valence-electron chi connectivity index (χ0n) is 17.3. The molecule has 7 heteroatoms. The monoisotopic (exact) mass is 427 g/mol. The van der Waals surface area contributed by atoms with Crippen molar-refractivity contribution in [2.75, 3.05) is 31.2 Å². The number of aryl methyl sites for hydroxylation is 1. The van der Waals surface area contributed by atoms with E-state index >= 15 is 0 Å². The number of benzene rings is 2. The molecule has 1 heterocycles. The summed E-state index contributed by atoms with van der Waals surface area (Å²) in [5.41, 5.74) is 2.17. The van der Waals surface area contributed by atoms with Crippen LogP contribution in [0.4, 0.5) is 5.69 Å². The summed E-state index contributed by atoms with van der Waals surface area (Å²) in [5.74, 6) is -0.552. The molecule has 1 aliphatic rings. The number of nitrogens with zero attached hydrogens (tertiary/aromatic N) is 3. The summed E-state index contributed by atoms with van der Waals surface area (Å²) >= 11 is 5.92. The molecule has 2 aromatic carbocycles. The molecular formula is C23H26ClN3O3. The van der Waals surface area contributed by atoms with Gasteiger partial charge in [0.1, 0.15) is 19.8 Å². The van der Waals surface area contributed by atoms with Crippen molar-refractivity contribution in [2.45, 2.75) is 26.7 Å². The molecule has 1 aliphatic heterocycles. The van der Waals surface area contributed by atoms with Crippen LogP contribution in [-0.4, -0.2) is 53.8 Å². The average molecular weight is 428 g/mol. The zero-order valence-corrected chi connectivity index (χ0v) is 18.1. The highest BCUT2D eigenvalue weighted by atomic mass is 35.5. The van der Waals surface area contributed by atoms with Gasteiger partial charge < -0.3 is 9.80 Å². The number of carbonyl (C=O) groups is 3. The molecule has 0 atom stereocenters. The van der Waals surface area contributed by atoms with Gasteiger partial charge in [0.25, 0.3) is 5.91 Å². The molecule has 0 aromatic heterocycles. The lowest BCUT2D eigenvalue weighted by molar-refractivity contribution is -0.132. The summed E-state index contributed by atoms with van der Waals surface area (Å²) in [4.78, 5) is 43.1. The topological polar surface area (TPSA) is 60.9 Å². The Kier molecular flexibility index (Phi) is 7.11. The Morgan fingerprint density at radius 3 is 2.47 bits per heavy atom. The highest BCUT2D eigenvalue weighted by molar-refractivity contribution is 6.30. The number of anilines is 1. The van der Waals surface area contributed by atoms with E-state index in [0.29, 0.717) is 22.8 Å². The molecular weight excluding hydrogens is 402 g/mol. The van der Waals surface area contributed by atoms with E-state index in [4.69, 9.17) is 11.6 Å². The van der Waals surface area contributed by atoms with Crippen molar-refractivity contribution in [3.05, 3.63) is 64.7 Å². The molecule has 0 N–H and O–H groups in total. The predicted molar refractivity (Wildman–Crippen MR) is 118 cm³/mol. The van der Waals surface area contributed by atoms with Gasteiger partial charge in [-0.2, -0.15) is 0 Å². The number of unbranched alkanes of at least 4 members (excludes halogenated alkanes) is 1. The number of hydrogen-bond donors (Lipinski definition) is 0. The molecule has 0 saturated carbocycles. The summed E-state index contributed by atoms with van der Waals surface area (Å²) < 4.78 is 0. The fourth-order valence-electron chi connectivity index (χ4n) is 3.41. The van der Waals surface area contributed by atoms with E-state index in [0.717, 1.165) is 18.4 Å². The highest BCUT2D eigenvalue weighted by Gasteiger charge is 2.33. The summed E-state index contributed by atoms with van der Waals surface area (Å²) in [6, 6.07) is 14.3. The lowest BCUT2D eigenvalue weighted by Crippen LogP contribution is -2.43. The van der Waals surface area contributed by atoms with Crippen LogP contribution in [0.1, 0.15) is 35.7 Å². The number of amides is 3. The molecule has 6 nitrogen and oxygen atoms in total. The van der Waals surface area contributed by atoms with Gasteiger partial charge in [0.2, 0.25) is 11.8 Å².